The van der Waals surface area contributed by atoms with Crippen molar-refractivity contribution in [2.24, 2.45) is 0 Å². The molecule has 1 rings (SSSR count). The maximum Gasteiger partial charge on any atom is 0.267 e. The van der Waals surface area contributed by atoms with Crippen molar-refractivity contribution in [1.82, 2.24) is 15.2 Å². The molecule has 0 atom stereocenters. The molecule has 1 heterocycles. The Labute approximate surface area is 119 Å². The lowest BCUT2D eigenvalue weighted by atomic mass is 10.3. The van der Waals surface area contributed by atoms with Crippen LogP contribution in [0, 0.1) is 0 Å². The summed E-state index contributed by atoms with van der Waals surface area (Å²) >= 11 is 0. The van der Waals surface area contributed by atoms with Crippen LogP contribution < -0.4 is 16.4 Å². The summed E-state index contributed by atoms with van der Waals surface area (Å²) in [6.07, 6.45) is 2.95. The summed E-state index contributed by atoms with van der Waals surface area (Å²) in [5.41, 5.74) is 6.82. The first-order valence-corrected chi connectivity index (χ1v) is 6.97. The van der Waals surface area contributed by atoms with Crippen molar-refractivity contribution >= 4 is 17.5 Å². The van der Waals surface area contributed by atoms with E-state index in [1.165, 1.54) is 0 Å². The first-order chi connectivity index (χ1) is 9.43. The van der Waals surface area contributed by atoms with Crippen LogP contribution in [0.25, 0.3) is 0 Å². The van der Waals surface area contributed by atoms with E-state index in [1.54, 1.807) is 12.3 Å². The van der Waals surface area contributed by atoms with Gasteiger partial charge in [-0.25, -0.2) is 0 Å². The van der Waals surface area contributed by atoms with Crippen LogP contribution in [0.15, 0.2) is 12.3 Å². The first-order valence-electron chi connectivity index (χ1n) is 6.97. The van der Waals surface area contributed by atoms with Gasteiger partial charge in [-0.3, -0.25) is 9.59 Å². The molecule has 0 fully saturated rings. The molecule has 20 heavy (non-hydrogen) atoms. The molecule has 112 valence electrons. The van der Waals surface area contributed by atoms with Gasteiger partial charge in [0.2, 0.25) is 5.91 Å². The maximum atomic E-state index is 12.0. The molecule has 0 aliphatic heterocycles. The number of carbonyl (C=O) groups is 2. The fraction of sp³-hybridized carbons (Fsp3) is 0.571. The van der Waals surface area contributed by atoms with Gasteiger partial charge in [0.15, 0.2) is 0 Å². The molecule has 0 aromatic carbocycles. The lowest BCUT2D eigenvalue weighted by Crippen LogP contribution is -2.34. The minimum atomic E-state index is -0.201. The number of hydrogen-bond donors (Lipinski definition) is 3. The van der Waals surface area contributed by atoms with E-state index >= 15 is 0 Å². The fourth-order valence-electron chi connectivity index (χ4n) is 1.92. The standard InChI is InChI=1S/C14H24N4O2/c1-4-7-18-9-11(15)8-12(18)14(20)16-6-5-13(19)17-10(2)3/h8-10H,4-7,15H2,1-3H3,(H,16,20)(H,17,19). The van der Waals surface area contributed by atoms with Crippen molar-refractivity contribution in [3.63, 3.8) is 0 Å². The van der Waals surface area contributed by atoms with E-state index in [1.807, 2.05) is 25.3 Å². The molecule has 1 aromatic rings. The Morgan fingerprint density at radius 2 is 2.10 bits per heavy atom. The Balaban J connectivity index is 2.49. The van der Waals surface area contributed by atoms with Crippen molar-refractivity contribution in [2.45, 2.75) is 46.2 Å². The number of anilines is 1. The van der Waals surface area contributed by atoms with Gasteiger partial charge >= 0.3 is 0 Å². The fourth-order valence-corrected chi connectivity index (χ4v) is 1.92. The van der Waals surface area contributed by atoms with Gasteiger partial charge in [0.25, 0.3) is 5.91 Å². The Bertz CT molecular complexity index is 466. The smallest absolute Gasteiger partial charge is 0.267 e. The number of hydrogen-bond acceptors (Lipinski definition) is 3. The van der Waals surface area contributed by atoms with Gasteiger partial charge in [0.05, 0.1) is 5.69 Å². The van der Waals surface area contributed by atoms with E-state index in [2.05, 4.69) is 10.6 Å². The molecule has 0 aliphatic carbocycles. The zero-order chi connectivity index (χ0) is 15.1. The summed E-state index contributed by atoms with van der Waals surface area (Å²) in [6.45, 7) is 6.89. The Kier molecular flexibility index (Phi) is 6.09. The zero-order valence-electron chi connectivity index (χ0n) is 12.4. The second-order valence-electron chi connectivity index (χ2n) is 5.08. The minimum absolute atomic E-state index is 0.0660. The third-order valence-corrected chi connectivity index (χ3v) is 2.70. The number of nitrogens with zero attached hydrogens (tertiary/aromatic N) is 1. The van der Waals surface area contributed by atoms with E-state index in [0.29, 0.717) is 17.9 Å². The summed E-state index contributed by atoms with van der Waals surface area (Å²) in [4.78, 5) is 23.5. The molecule has 4 N–H and O–H groups in total. The van der Waals surface area contributed by atoms with Gasteiger partial charge in [-0.1, -0.05) is 6.92 Å². The third-order valence-electron chi connectivity index (χ3n) is 2.70. The number of aryl methyl sites for hydroxylation is 1. The molecule has 0 saturated carbocycles. The molecular formula is C14H24N4O2. The normalized spacial score (nSPS) is 10.6. The topological polar surface area (TPSA) is 89.2 Å². The number of amides is 2. The van der Waals surface area contributed by atoms with Gasteiger partial charge in [-0.15, -0.1) is 0 Å². The molecule has 0 aliphatic rings. The first kappa shape index (κ1) is 16.1. The molecule has 1 aromatic heterocycles. The van der Waals surface area contributed by atoms with Crippen LogP contribution in [0.5, 0.6) is 0 Å². The zero-order valence-corrected chi connectivity index (χ0v) is 12.4. The highest BCUT2D eigenvalue weighted by Gasteiger charge is 2.12. The quantitative estimate of drug-likeness (QED) is 0.699. The van der Waals surface area contributed by atoms with Gasteiger partial charge in [0, 0.05) is 31.7 Å². The summed E-state index contributed by atoms with van der Waals surface area (Å²) in [6, 6.07) is 1.76. The van der Waals surface area contributed by atoms with Gasteiger partial charge in [-0.05, 0) is 26.3 Å². The number of nitrogens with two attached hydrogens (primary N) is 1. The van der Waals surface area contributed by atoms with Gasteiger partial charge in [0.1, 0.15) is 5.69 Å². The molecule has 0 spiro atoms. The van der Waals surface area contributed by atoms with Crippen molar-refractivity contribution < 1.29 is 9.59 Å². The molecule has 6 nitrogen and oxygen atoms in total. The summed E-state index contributed by atoms with van der Waals surface area (Å²) in [7, 11) is 0. The molecular weight excluding hydrogens is 256 g/mol. The van der Waals surface area contributed by atoms with Crippen molar-refractivity contribution in [3.8, 4) is 0 Å². The van der Waals surface area contributed by atoms with Crippen LogP contribution in [0.4, 0.5) is 5.69 Å². The SMILES string of the molecule is CCCn1cc(N)cc1C(=O)NCCC(=O)NC(C)C. The Morgan fingerprint density at radius 1 is 1.40 bits per heavy atom. The van der Waals surface area contributed by atoms with E-state index in [0.717, 1.165) is 13.0 Å². The highest BCUT2D eigenvalue weighted by molar-refractivity contribution is 5.94. The number of carbonyl (C=O) groups excluding carboxylic acids is 2. The average Bonchev–Trinajstić information content (AvgIpc) is 2.69. The predicted octanol–water partition coefficient (Wildman–Crippen LogP) is 1.12. The molecule has 6 heteroatoms. The highest BCUT2D eigenvalue weighted by Crippen LogP contribution is 2.11. The summed E-state index contributed by atoms with van der Waals surface area (Å²) in [5, 5.41) is 5.52. The predicted molar refractivity (Wildman–Crippen MR) is 79.4 cm³/mol. The van der Waals surface area contributed by atoms with Crippen LogP contribution in [0.1, 0.15) is 44.1 Å². The maximum absolute atomic E-state index is 12.0. The summed E-state index contributed by atoms with van der Waals surface area (Å²) in [5.74, 6) is -0.267. The monoisotopic (exact) mass is 280 g/mol. The molecule has 0 saturated heterocycles. The van der Waals surface area contributed by atoms with Crippen LogP contribution in [-0.4, -0.2) is 29.0 Å². The Morgan fingerprint density at radius 3 is 2.70 bits per heavy atom. The van der Waals surface area contributed by atoms with Crippen molar-refractivity contribution in [2.75, 3.05) is 12.3 Å². The third kappa shape index (κ3) is 4.95. The van der Waals surface area contributed by atoms with Crippen molar-refractivity contribution in [3.05, 3.63) is 18.0 Å². The van der Waals surface area contributed by atoms with Gasteiger partial charge < -0.3 is 20.9 Å². The largest absolute Gasteiger partial charge is 0.397 e. The van der Waals surface area contributed by atoms with Crippen molar-refractivity contribution in [1.29, 1.82) is 0 Å². The van der Waals surface area contributed by atoms with Crippen LogP contribution >= 0.6 is 0 Å². The molecule has 0 bridgehead atoms. The molecule has 2 amide bonds. The van der Waals surface area contributed by atoms with E-state index < -0.39 is 0 Å². The van der Waals surface area contributed by atoms with E-state index in [-0.39, 0.29) is 24.3 Å². The lowest BCUT2D eigenvalue weighted by molar-refractivity contribution is -0.121. The second kappa shape index (κ2) is 7.57. The number of rotatable bonds is 7. The minimum Gasteiger partial charge on any atom is -0.397 e. The molecule has 0 unspecified atom stereocenters. The van der Waals surface area contributed by atoms with Crippen LogP contribution in [0.3, 0.4) is 0 Å². The second-order valence-corrected chi connectivity index (χ2v) is 5.08. The summed E-state index contributed by atoms with van der Waals surface area (Å²) < 4.78 is 1.83. The van der Waals surface area contributed by atoms with E-state index in [4.69, 9.17) is 5.73 Å². The van der Waals surface area contributed by atoms with Crippen LogP contribution in [-0.2, 0) is 11.3 Å². The average molecular weight is 280 g/mol. The van der Waals surface area contributed by atoms with Gasteiger partial charge in [-0.2, -0.15) is 0 Å². The number of nitrogen functional groups attached to an aromatic ring is 1. The number of aromatic nitrogens is 1. The van der Waals surface area contributed by atoms with E-state index in [9.17, 15) is 9.59 Å². The Hall–Kier alpha value is -1.98. The number of nitrogens with one attached hydrogen (secondary N) is 2. The highest BCUT2D eigenvalue weighted by atomic mass is 16.2. The van der Waals surface area contributed by atoms with Crippen LogP contribution in [0.2, 0.25) is 0 Å². The lowest BCUT2D eigenvalue weighted by Gasteiger charge is -2.10. The molecule has 0 radical (unpaired) electrons.